The van der Waals surface area contributed by atoms with Crippen LogP contribution in [0.5, 0.6) is 0 Å². The number of hydrogen-bond donors (Lipinski definition) is 2. The van der Waals surface area contributed by atoms with Gasteiger partial charge in [0.05, 0.1) is 11.3 Å². The topological polar surface area (TPSA) is 76.0 Å². The predicted molar refractivity (Wildman–Crippen MR) is 113 cm³/mol. The van der Waals surface area contributed by atoms with E-state index in [-0.39, 0.29) is 11.8 Å². The standard InChI is InChI=1S/C23H24N4O2/c1-3-27-19-10-12-25-23(29)21(19)18(13-16-7-5-4-6-8-16)22(27)17-9-11-24-20(14-17)26-15(2)28/h4-9,11,14H,3,10,12-13H2,1-2H3,(H,25,29)(H,24,26,28). The second-order valence-corrected chi connectivity index (χ2v) is 7.17. The molecule has 148 valence electrons. The second kappa shape index (κ2) is 7.91. The van der Waals surface area contributed by atoms with E-state index in [4.69, 9.17) is 0 Å². The Morgan fingerprint density at radius 1 is 1.24 bits per heavy atom. The number of aromatic nitrogens is 2. The molecule has 1 aliphatic rings. The summed E-state index contributed by atoms with van der Waals surface area (Å²) in [6.07, 6.45) is 3.16. The van der Waals surface area contributed by atoms with Crippen molar-refractivity contribution in [1.82, 2.24) is 14.9 Å². The van der Waals surface area contributed by atoms with Gasteiger partial charge in [0.1, 0.15) is 5.82 Å². The molecule has 2 N–H and O–H groups in total. The number of nitrogens with one attached hydrogen (secondary N) is 2. The van der Waals surface area contributed by atoms with Crippen molar-refractivity contribution >= 4 is 17.6 Å². The minimum Gasteiger partial charge on any atom is -0.352 e. The van der Waals surface area contributed by atoms with Gasteiger partial charge in [-0.3, -0.25) is 9.59 Å². The molecule has 2 aromatic heterocycles. The molecule has 0 atom stereocenters. The van der Waals surface area contributed by atoms with Crippen LogP contribution in [0.15, 0.2) is 48.7 Å². The lowest BCUT2D eigenvalue weighted by atomic mass is 9.95. The van der Waals surface area contributed by atoms with E-state index in [1.807, 2.05) is 30.3 Å². The summed E-state index contributed by atoms with van der Waals surface area (Å²) in [5.74, 6) is 0.331. The molecule has 0 saturated heterocycles. The van der Waals surface area contributed by atoms with E-state index < -0.39 is 0 Å². The predicted octanol–water partition coefficient (Wildman–Crippen LogP) is 3.41. The molecule has 0 fully saturated rings. The average molecular weight is 388 g/mol. The lowest BCUT2D eigenvalue weighted by Gasteiger charge is -2.16. The number of carbonyl (C=O) groups excluding carboxylic acids is 2. The van der Waals surface area contributed by atoms with Crippen LogP contribution in [0.3, 0.4) is 0 Å². The Balaban J connectivity index is 1.92. The summed E-state index contributed by atoms with van der Waals surface area (Å²) >= 11 is 0. The SMILES string of the molecule is CCn1c2c(c(Cc3ccccc3)c1-c1ccnc(NC(C)=O)c1)C(=O)NCC2. The number of amides is 2. The summed E-state index contributed by atoms with van der Waals surface area (Å²) in [5.41, 5.74) is 6.00. The van der Waals surface area contributed by atoms with Crippen LogP contribution < -0.4 is 10.6 Å². The van der Waals surface area contributed by atoms with Crippen molar-refractivity contribution in [3.63, 3.8) is 0 Å². The van der Waals surface area contributed by atoms with Crippen LogP contribution in [0.1, 0.15) is 41.0 Å². The zero-order chi connectivity index (χ0) is 20.4. The van der Waals surface area contributed by atoms with Crippen molar-refractivity contribution in [2.45, 2.75) is 33.2 Å². The molecule has 1 aliphatic heterocycles. The molecule has 3 heterocycles. The molecule has 0 spiro atoms. The highest BCUT2D eigenvalue weighted by Gasteiger charge is 2.29. The number of carbonyl (C=O) groups is 2. The van der Waals surface area contributed by atoms with Gasteiger partial charge in [-0.1, -0.05) is 30.3 Å². The van der Waals surface area contributed by atoms with Crippen molar-refractivity contribution < 1.29 is 9.59 Å². The summed E-state index contributed by atoms with van der Waals surface area (Å²) < 4.78 is 2.24. The molecule has 0 bridgehead atoms. The normalized spacial score (nSPS) is 13.0. The molecule has 0 aliphatic carbocycles. The van der Waals surface area contributed by atoms with Gasteiger partial charge in [-0.25, -0.2) is 4.98 Å². The van der Waals surface area contributed by atoms with Gasteiger partial charge in [-0.2, -0.15) is 0 Å². The van der Waals surface area contributed by atoms with E-state index in [9.17, 15) is 9.59 Å². The lowest BCUT2D eigenvalue weighted by Crippen LogP contribution is -2.32. The summed E-state index contributed by atoms with van der Waals surface area (Å²) in [6, 6.07) is 14.0. The van der Waals surface area contributed by atoms with E-state index in [0.717, 1.165) is 46.6 Å². The van der Waals surface area contributed by atoms with Gasteiger partial charge in [-0.05, 0) is 30.2 Å². The van der Waals surface area contributed by atoms with Gasteiger partial charge in [0.2, 0.25) is 5.91 Å². The molecule has 3 aromatic rings. The Bertz CT molecular complexity index is 1070. The number of pyridine rings is 1. The van der Waals surface area contributed by atoms with E-state index in [2.05, 4.69) is 39.2 Å². The third-order valence-corrected chi connectivity index (χ3v) is 5.22. The Labute approximate surface area is 170 Å². The zero-order valence-electron chi connectivity index (χ0n) is 16.7. The minimum atomic E-state index is -0.163. The van der Waals surface area contributed by atoms with Crippen LogP contribution in [0.4, 0.5) is 5.82 Å². The number of anilines is 1. The molecule has 6 nitrogen and oxygen atoms in total. The van der Waals surface area contributed by atoms with Crippen molar-refractivity contribution in [3.8, 4) is 11.3 Å². The molecule has 1 aromatic carbocycles. The van der Waals surface area contributed by atoms with Gasteiger partial charge in [0, 0.05) is 50.3 Å². The highest BCUT2D eigenvalue weighted by molar-refractivity contribution is 6.00. The first kappa shape index (κ1) is 18.9. The first-order chi connectivity index (χ1) is 14.1. The van der Waals surface area contributed by atoms with Crippen LogP contribution in [-0.4, -0.2) is 27.9 Å². The Morgan fingerprint density at radius 3 is 2.76 bits per heavy atom. The first-order valence-corrected chi connectivity index (χ1v) is 9.88. The van der Waals surface area contributed by atoms with Gasteiger partial charge < -0.3 is 15.2 Å². The molecule has 4 rings (SSSR count). The summed E-state index contributed by atoms with van der Waals surface area (Å²) in [4.78, 5) is 28.6. The van der Waals surface area contributed by atoms with Crippen molar-refractivity contribution in [3.05, 3.63) is 71.0 Å². The fourth-order valence-corrected chi connectivity index (χ4v) is 4.11. The van der Waals surface area contributed by atoms with Crippen LogP contribution in [0, 0.1) is 0 Å². The van der Waals surface area contributed by atoms with Gasteiger partial charge in [0.25, 0.3) is 5.91 Å². The van der Waals surface area contributed by atoms with E-state index in [1.54, 1.807) is 6.20 Å². The number of fused-ring (bicyclic) bond motifs is 1. The average Bonchev–Trinajstić information content (AvgIpc) is 3.03. The van der Waals surface area contributed by atoms with E-state index in [1.165, 1.54) is 6.92 Å². The maximum Gasteiger partial charge on any atom is 0.253 e. The highest BCUT2D eigenvalue weighted by Crippen LogP contribution is 2.35. The fourth-order valence-electron chi connectivity index (χ4n) is 4.11. The zero-order valence-corrected chi connectivity index (χ0v) is 16.7. The molecule has 2 amide bonds. The first-order valence-electron chi connectivity index (χ1n) is 9.88. The van der Waals surface area contributed by atoms with E-state index in [0.29, 0.717) is 18.8 Å². The Kier molecular flexibility index (Phi) is 5.16. The molecule has 0 saturated carbocycles. The summed E-state index contributed by atoms with van der Waals surface area (Å²) in [7, 11) is 0. The van der Waals surface area contributed by atoms with Crippen LogP contribution in [0.25, 0.3) is 11.3 Å². The highest BCUT2D eigenvalue weighted by atomic mass is 16.2. The summed E-state index contributed by atoms with van der Waals surface area (Å²) in [6.45, 7) is 4.97. The van der Waals surface area contributed by atoms with Gasteiger partial charge in [0.15, 0.2) is 0 Å². The maximum absolute atomic E-state index is 12.8. The largest absolute Gasteiger partial charge is 0.352 e. The monoisotopic (exact) mass is 388 g/mol. The molecule has 0 radical (unpaired) electrons. The smallest absolute Gasteiger partial charge is 0.253 e. The van der Waals surface area contributed by atoms with Crippen LogP contribution in [-0.2, 0) is 24.2 Å². The Morgan fingerprint density at radius 2 is 2.03 bits per heavy atom. The molecular weight excluding hydrogens is 364 g/mol. The van der Waals surface area contributed by atoms with Crippen molar-refractivity contribution in [1.29, 1.82) is 0 Å². The molecule has 29 heavy (non-hydrogen) atoms. The number of rotatable bonds is 5. The number of hydrogen-bond acceptors (Lipinski definition) is 3. The van der Waals surface area contributed by atoms with Gasteiger partial charge >= 0.3 is 0 Å². The quantitative estimate of drug-likeness (QED) is 0.703. The lowest BCUT2D eigenvalue weighted by molar-refractivity contribution is -0.114. The van der Waals surface area contributed by atoms with Crippen LogP contribution in [0.2, 0.25) is 0 Å². The second-order valence-electron chi connectivity index (χ2n) is 7.17. The fraction of sp³-hybridized carbons (Fsp3) is 0.261. The summed E-state index contributed by atoms with van der Waals surface area (Å²) in [5, 5.41) is 5.75. The third-order valence-electron chi connectivity index (χ3n) is 5.22. The minimum absolute atomic E-state index is 0.0122. The maximum atomic E-state index is 12.8. The van der Waals surface area contributed by atoms with Crippen molar-refractivity contribution in [2.75, 3.05) is 11.9 Å². The van der Waals surface area contributed by atoms with E-state index >= 15 is 0 Å². The number of benzene rings is 1. The van der Waals surface area contributed by atoms with Gasteiger partial charge in [-0.15, -0.1) is 0 Å². The number of nitrogens with zero attached hydrogens (tertiary/aromatic N) is 2. The Hall–Kier alpha value is -3.41. The molecule has 6 heteroatoms. The third kappa shape index (κ3) is 3.66. The van der Waals surface area contributed by atoms with Crippen molar-refractivity contribution in [2.24, 2.45) is 0 Å². The molecular formula is C23H24N4O2. The van der Waals surface area contributed by atoms with Crippen LogP contribution >= 0.6 is 0 Å². The molecule has 0 unspecified atom stereocenters.